The van der Waals surface area contributed by atoms with Crippen molar-refractivity contribution in [3.8, 4) is 0 Å². The van der Waals surface area contributed by atoms with Gasteiger partial charge in [-0.1, -0.05) is 37.8 Å². The van der Waals surface area contributed by atoms with E-state index in [1.807, 2.05) is 24.8 Å². The van der Waals surface area contributed by atoms with Crippen molar-refractivity contribution in [3.05, 3.63) is 47.1 Å². The van der Waals surface area contributed by atoms with Gasteiger partial charge in [-0.05, 0) is 51.0 Å². The summed E-state index contributed by atoms with van der Waals surface area (Å²) in [5, 5.41) is 0.771. The van der Waals surface area contributed by atoms with Crippen LogP contribution in [0, 0.1) is 5.92 Å². The molecule has 0 spiro atoms. The van der Waals surface area contributed by atoms with Crippen molar-refractivity contribution >= 4 is 17.3 Å². The predicted molar refractivity (Wildman–Crippen MR) is 87.5 cm³/mol. The first-order chi connectivity index (χ1) is 9.45. The first-order valence-corrected chi connectivity index (χ1v) is 7.59. The Bertz CT molecular complexity index is 537. The fraction of sp³-hybridized carbons (Fsp3) is 0.471. The molecule has 1 fully saturated rings. The predicted octanol–water partition coefficient (Wildman–Crippen LogP) is 5.35. The monoisotopic (exact) mass is 290 g/mol. The molecule has 0 aromatic rings. The Hall–Kier alpha value is -1.28. The number of aliphatic imine (C=N–C) groups is 1. The summed E-state index contributed by atoms with van der Waals surface area (Å²) in [6, 6.07) is 0. The molecule has 2 rings (SSSR count). The van der Waals surface area contributed by atoms with Gasteiger partial charge in [0.25, 0.3) is 0 Å². The molecule has 0 aromatic heterocycles. The highest BCUT2D eigenvalue weighted by Gasteiger charge is 2.29. The molecule has 2 nitrogen and oxygen atoms in total. The molecule has 1 aliphatic heterocycles. The van der Waals surface area contributed by atoms with Gasteiger partial charge in [-0.3, -0.25) is 4.90 Å². The highest BCUT2D eigenvalue weighted by Crippen LogP contribution is 2.38. The zero-order chi connectivity index (χ0) is 14.9. The first-order valence-electron chi connectivity index (χ1n) is 7.21. The van der Waals surface area contributed by atoms with E-state index in [0.717, 1.165) is 46.7 Å². The van der Waals surface area contributed by atoms with Gasteiger partial charge in [0.05, 0.1) is 0 Å². The summed E-state index contributed by atoms with van der Waals surface area (Å²) >= 11 is 6.66. The Morgan fingerprint density at radius 1 is 1.35 bits per heavy atom. The second-order valence-corrected chi connectivity index (χ2v) is 6.15. The SMILES string of the molecule is C=CC(C)=C1N=C2CCC(C)CCC2=C(Cl)N1C(=C)C. The Morgan fingerprint density at radius 3 is 2.60 bits per heavy atom. The number of halogens is 1. The maximum Gasteiger partial charge on any atom is 0.141 e. The van der Waals surface area contributed by atoms with E-state index >= 15 is 0 Å². The second kappa shape index (κ2) is 6.01. The minimum Gasteiger partial charge on any atom is -0.289 e. The van der Waals surface area contributed by atoms with Gasteiger partial charge >= 0.3 is 0 Å². The molecule has 0 N–H and O–H groups in total. The average molecular weight is 291 g/mol. The van der Waals surface area contributed by atoms with Crippen LogP contribution in [-0.2, 0) is 0 Å². The molecule has 2 aliphatic rings. The Balaban J connectivity index is 2.55. The fourth-order valence-corrected chi connectivity index (χ4v) is 3.10. The summed E-state index contributed by atoms with van der Waals surface area (Å²) in [6.07, 6.45) is 6.19. The lowest BCUT2D eigenvalue weighted by molar-refractivity contribution is 0.513. The fourth-order valence-electron chi connectivity index (χ4n) is 2.67. The highest BCUT2D eigenvalue weighted by molar-refractivity contribution is 6.32. The molecular weight excluding hydrogens is 268 g/mol. The van der Waals surface area contributed by atoms with Crippen LogP contribution >= 0.6 is 11.6 Å². The van der Waals surface area contributed by atoms with Crippen LogP contribution in [0.25, 0.3) is 0 Å². The van der Waals surface area contributed by atoms with Gasteiger partial charge in [-0.25, -0.2) is 4.99 Å². The van der Waals surface area contributed by atoms with E-state index in [0.29, 0.717) is 0 Å². The molecule has 20 heavy (non-hydrogen) atoms. The zero-order valence-electron chi connectivity index (χ0n) is 12.7. The minimum atomic E-state index is 0.728. The molecule has 0 amide bonds. The number of nitrogens with zero attached hydrogens (tertiary/aromatic N) is 2. The standard InChI is InChI=1S/C17H23ClN2/c1-6-13(5)17-19-15-10-8-12(4)7-9-14(15)16(18)20(17)11(2)3/h6,12H,1-2,7-10H2,3-5H3. The van der Waals surface area contributed by atoms with E-state index in [-0.39, 0.29) is 0 Å². The topological polar surface area (TPSA) is 15.6 Å². The van der Waals surface area contributed by atoms with Crippen molar-refractivity contribution in [2.75, 3.05) is 0 Å². The van der Waals surface area contributed by atoms with Crippen molar-refractivity contribution in [3.63, 3.8) is 0 Å². The molecule has 1 unspecified atom stereocenters. The molecule has 0 saturated heterocycles. The van der Waals surface area contributed by atoms with Crippen molar-refractivity contribution < 1.29 is 0 Å². The molecule has 0 aromatic carbocycles. The number of hydrogen-bond donors (Lipinski definition) is 0. The highest BCUT2D eigenvalue weighted by atomic mass is 35.5. The Labute approximate surface area is 127 Å². The van der Waals surface area contributed by atoms with Crippen LogP contribution in [0.4, 0.5) is 0 Å². The molecule has 3 heteroatoms. The van der Waals surface area contributed by atoms with Gasteiger partial charge in [0.15, 0.2) is 0 Å². The third-order valence-corrected chi connectivity index (χ3v) is 4.45. The summed E-state index contributed by atoms with van der Waals surface area (Å²) < 4.78 is 0. The zero-order valence-corrected chi connectivity index (χ0v) is 13.4. The summed E-state index contributed by atoms with van der Waals surface area (Å²) in [4.78, 5) is 6.82. The number of rotatable bonds is 2. The van der Waals surface area contributed by atoms with E-state index in [1.165, 1.54) is 18.4 Å². The lowest BCUT2D eigenvalue weighted by Gasteiger charge is -2.31. The molecule has 1 heterocycles. The normalized spacial score (nSPS) is 25.7. The second-order valence-electron chi connectivity index (χ2n) is 5.79. The number of hydrogen-bond acceptors (Lipinski definition) is 2. The number of fused-ring (bicyclic) bond motifs is 1. The Morgan fingerprint density at radius 2 is 2.00 bits per heavy atom. The molecule has 1 aliphatic carbocycles. The maximum atomic E-state index is 6.66. The van der Waals surface area contributed by atoms with Crippen LogP contribution in [0.1, 0.15) is 46.5 Å². The summed E-state index contributed by atoms with van der Waals surface area (Å²) in [5.74, 6) is 1.59. The van der Waals surface area contributed by atoms with E-state index in [1.54, 1.807) is 0 Å². The van der Waals surface area contributed by atoms with E-state index in [4.69, 9.17) is 16.6 Å². The molecule has 108 valence electrons. The van der Waals surface area contributed by atoms with E-state index in [9.17, 15) is 0 Å². The van der Waals surface area contributed by atoms with Crippen LogP contribution in [0.3, 0.4) is 0 Å². The van der Waals surface area contributed by atoms with Gasteiger partial charge in [-0.2, -0.15) is 0 Å². The van der Waals surface area contributed by atoms with Gasteiger partial charge in [0.1, 0.15) is 11.0 Å². The van der Waals surface area contributed by atoms with Crippen molar-refractivity contribution in [2.45, 2.75) is 46.5 Å². The van der Waals surface area contributed by atoms with Crippen molar-refractivity contribution in [1.82, 2.24) is 4.90 Å². The lowest BCUT2D eigenvalue weighted by atomic mass is 10.0. The Kier molecular flexibility index (Phi) is 4.54. The quantitative estimate of drug-likeness (QED) is 0.626. The summed E-state index contributed by atoms with van der Waals surface area (Å²) in [7, 11) is 0. The van der Waals surface area contributed by atoms with Gasteiger partial charge in [0, 0.05) is 17.0 Å². The lowest BCUT2D eigenvalue weighted by Crippen LogP contribution is -2.26. The van der Waals surface area contributed by atoms with Crippen molar-refractivity contribution in [1.29, 1.82) is 0 Å². The molecule has 1 saturated carbocycles. The average Bonchev–Trinajstić information content (AvgIpc) is 2.59. The summed E-state index contributed by atoms with van der Waals surface area (Å²) in [6.45, 7) is 14.2. The molecular formula is C17H23ClN2. The van der Waals surface area contributed by atoms with Crippen LogP contribution in [-0.4, -0.2) is 10.6 Å². The van der Waals surface area contributed by atoms with Crippen LogP contribution in [0.5, 0.6) is 0 Å². The first kappa shape index (κ1) is 15.1. The third kappa shape index (κ3) is 2.76. The van der Waals surface area contributed by atoms with Crippen LogP contribution in [0.2, 0.25) is 0 Å². The van der Waals surface area contributed by atoms with Crippen molar-refractivity contribution in [2.24, 2.45) is 10.9 Å². The van der Waals surface area contributed by atoms with E-state index in [2.05, 4.69) is 20.1 Å². The number of allylic oxidation sites excluding steroid dienone is 4. The molecule has 0 bridgehead atoms. The maximum absolute atomic E-state index is 6.66. The third-order valence-electron chi connectivity index (χ3n) is 4.05. The smallest absolute Gasteiger partial charge is 0.141 e. The van der Waals surface area contributed by atoms with Crippen LogP contribution < -0.4 is 0 Å². The molecule has 0 radical (unpaired) electrons. The largest absolute Gasteiger partial charge is 0.289 e. The molecule has 1 atom stereocenters. The van der Waals surface area contributed by atoms with Gasteiger partial charge in [-0.15, -0.1) is 0 Å². The minimum absolute atomic E-state index is 0.728. The summed E-state index contributed by atoms with van der Waals surface area (Å²) in [5.41, 5.74) is 4.25. The van der Waals surface area contributed by atoms with Gasteiger partial charge < -0.3 is 0 Å². The van der Waals surface area contributed by atoms with Crippen LogP contribution in [0.15, 0.2) is 52.0 Å². The van der Waals surface area contributed by atoms with Gasteiger partial charge in [0.2, 0.25) is 0 Å². The van der Waals surface area contributed by atoms with E-state index < -0.39 is 0 Å².